The molecule has 2 aromatic carbocycles. The van der Waals surface area contributed by atoms with Gasteiger partial charge in [0.25, 0.3) is 5.91 Å². The van der Waals surface area contributed by atoms with Crippen LogP contribution in [0.2, 0.25) is 0 Å². The first-order valence-electron chi connectivity index (χ1n) is 6.35. The van der Waals surface area contributed by atoms with Crippen molar-refractivity contribution < 1.29 is 9.18 Å². The second-order valence-electron chi connectivity index (χ2n) is 4.60. The molecule has 0 heterocycles. The SMILES string of the molecule is Cc1cc(C(=O)NCCc2cccc(F)c2)ccc1Br. The quantitative estimate of drug-likeness (QED) is 0.902. The molecular formula is C16H15BrFNO. The Morgan fingerprint density at radius 3 is 2.75 bits per heavy atom. The summed E-state index contributed by atoms with van der Waals surface area (Å²) in [5.41, 5.74) is 2.52. The molecule has 1 amide bonds. The van der Waals surface area contributed by atoms with Crippen LogP contribution in [-0.4, -0.2) is 12.5 Å². The van der Waals surface area contributed by atoms with E-state index in [1.165, 1.54) is 12.1 Å². The summed E-state index contributed by atoms with van der Waals surface area (Å²) < 4.78 is 14.0. The molecule has 0 aliphatic carbocycles. The fourth-order valence-electron chi connectivity index (χ4n) is 1.90. The van der Waals surface area contributed by atoms with Crippen LogP contribution in [0.25, 0.3) is 0 Å². The fraction of sp³-hybridized carbons (Fsp3) is 0.188. The van der Waals surface area contributed by atoms with Gasteiger partial charge in [-0.3, -0.25) is 4.79 Å². The standard InChI is InChI=1S/C16H15BrFNO/c1-11-9-13(5-6-15(11)17)16(20)19-8-7-12-3-2-4-14(18)10-12/h2-6,9-10H,7-8H2,1H3,(H,19,20). The van der Waals surface area contributed by atoms with E-state index in [4.69, 9.17) is 0 Å². The maximum atomic E-state index is 13.0. The molecule has 0 fully saturated rings. The van der Waals surface area contributed by atoms with Gasteiger partial charge in [-0.25, -0.2) is 4.39 Å². The molecule has 20 heavy (non-hydrogen) atoms. The van der Waals surface area contributed by atoms with Crippen LogP contribution in [0.1, 0.15) is 21.5 Å². The summed E-state index contributed by atoms with van der Waals surface area (Å²) in [6.45, 7) is 2.42. The molecule has 0 radical (unpaired) electrons. The zero-order valence-electron chi connectivity index (χ0n) is 11.1. The van der Waals surface area contributed by atoms with E-state index in [-0.39, 0.29) is 11.7 Å². The van der Waals surface area contributed by atoms with Gasteiger partial charge in [-0.2, -0.15) is 0 Å². The molecule has 0 unspecified atom stereocenters. The largest absolute Gasteiger partial charge is 0.352 e. The van der Waals surface area contributed by atoms with Crippen molar-refractivity contribution in [1.82, 2.24) is 5.32 Å². The van der Waals surface area contributed by atoms with Gasteiger partial charge in [0, 0.05) is 16.6 Å². The minimum atomic E-state index is -0.252. The molecule has 0 aliphatic rings. The molecule has 0 saturated heterocycles. The first kappa shape index (κ1) is 14.7. The Labute approximate surface area is 126 Å². The van der Waals surface area contributed by atoms with Gasteiger partial charge in [0.1, 0.15) is 5.82 Å². The maximum Gasteiger partial charge on any atom is 0.251 e. The smallest absolute Gasteiger partial charge is 0.251 e. The molecule has 0 atom stereocenters. The van der Waals surface area contributed by atoms with Crippen LogP contribution in [0.3, 0.4) is 0 Å². The van der Waals surface area contributed by atoms with Crippen LogP contribution in [0.5, 0.6) is 0 Å². The van der Waals surface area contributed by atoms with E-state index in [0.29, 0.717) is 18.5 Å². The summed E-state index contributed by atoms with van der Waals surface area (Å²) in [4.78, 5) is 12.0. The van der Waals surface area contributed by atoms with Crippen LogP contribution in [0.15, 0.2) is 46.9 Å². The summed E-state index contributed by atoms with van der Waals surface area (Å²) in [6.07, 6.45) is 0.610. The van der Waals surface area contributed by atoms with Crippen molar-refractivity contribution in [3.63, 3.8) is 0 Å². The van der Waals surface area contributed by atoms with E-state index in [1.807, 2.05) is 25.1 Å². The maximum absolute atomic E-state index is 13.0. The number of carbonyl (C=O) groups is 1. The first-order chi connectivity index (χ1) is 9.56. The highest BCUT2D eigenvalue weighted by molar-refractivity contribution is 9.10. The minimum Gasteiger partial charge on any atom is -0.352 e. The number of rotatable bonds is 4. The van der Waals surface area contributed by atoms with Crippen molar-refractivity contribution in [3.05, 3.63) is 69.4 Å². The van der Waals surface area contributed by atoms with Crippen LogP contribution in [0, 0.1) is 12.7 Å². The van der Waals surface area contributed by atoms with E-state index in [0.717, 1.165) is 15.6 Å². The van der Waals surface area contributed by atoms with E-state index in [9.17, 15) is 9.18 Å². The lowest BCUT2D eigenvalue weighted by atomic mass is 10.1. The molecule has 0 aromatic heterocycles. The van der Waals surface area contributed by atoms with Crippen molar-refractivity contribution in [1.29, 1.82) is 0 Å². The molecule has 2 rings (SSSR count). The molecular weight excluding hydrogens is 321 g/mol. The Morgan fingerprint density at radius 2 is 2.05 bits per heavy atom. The van der Waals surface area contributed by atoms with E-state index in [2.05, 4.69) is 21.2 Å². The van der Waals surface area contributed by atoms with Crippen molar-refractivity contribution in [2.45, 2.75) is 13.3 Å². The third kappa shape index (κ3) is 3.90. The number of benzene rings is 2. The van der Waals surface area contributed by atoms with Crippen molar-refractivity contribution >= 4 is 21.8 Å². The summed E-state index contributed by atoms with van der Waals surface area (Å²) in [7, 11) is 0. The summed E-state index contributed by atoms with van der Waals surface area (Å²) in [6, 6.07) is 11.9. The van der Waals surface area contributed by atoms with E-state index >= 15 is 0 Å². The molecule has 0 bridgehead atoms. The first-order valence-corrected chi connectivity index (χ1v) is 7.14. The van der Waals surface area contributed by atoms with Gasteiger partial charge in [-0.1, -0.05) is 28.1 Å². The van der Waals surface area contributed by atoms with Crippen molar-refractivity contribution in [2.75, 3.05) is 6.54 Å². The number of carbonyl (C=O) groups excluding carboxylic acids is 1. The monoisotopic (exact) mass is 335 g/mol. The molecule has 1 N–H and O–H groups in total. The number of nitrogens with one attached hydrogen (secondary N) is 1. The third-order valence-corrected chi connectivity index (χ3v) is 3.90. The Morgan fingerprint density at radius 1 is 1.25 bits per heavy atom. The third-order valence-electron chi connectivity index (χ3n) is 3.01. The number of aryl methyl sites for hydroxylation is 1. The van der Waals surface area contributed by atoms with Crippen LogP contribution in [-0.2, 0) is 6.42 Å². The van der Waals surface area contributed by atoms with Gasteiger partial charge in [-0.15, -0.1) is 0 Å². The van der Waals surface area contributed by atoms with Gasteiger partial charge in [0.05, 0.1) is 0 Å². The molecule has 2 aromatic rings. The lowest BCUT2D eigenvalue weighted by Gasteiger charge is -2.07. The normalized spacial score (nSPS) is 10.3. The molecule has 0 spiro atoms. The summed E-state index contributed by atoms with van der Waals surface area (Å²) in [5.74, 6) is -0.366. The molecule has 2 nitrogen and oxygen atoms in total. The Balaban J connectivity index is 1.90. The molecule has 104 valence electrons. The van der Waals surface area contributed by atoms with E-state index in [1.54, 1.807) is 12.1 Å². The van der Waals surface area contributed by atoms with Crippen molar-refractivity contribution in [3.8, 4) is 0 Å². The predicted octanol–water partition coefficient (Wildman–Crippen LogP) is 3.87. The van der Waals surface area contributed by atoms with Gasteiger partial charge in [-0.05, 0) is 54.8 Å². The second kappa shape index (κ2) is 6.66. The molecule has 0 aliphatic heterocycles. The lowest BCUT2D eigenvalue weighted by Crippen LogP contribution is -2.25. The Kier molecular flexibility index (Phi) is 4.90. The number of hydrogen-bond donors (Lipinski definition) is 1. The summed E-state index contributed by atoms with van der Waals surface area (Å²) >= 11 is 3.40. The zero-order chi connectivity index (χ0) is 14.5. The van der Waals surface area contributed by atoms with Gasteiger partial charge >= 0.3 is 0 Å². The highest BCUT2D eigenvalue weighted by Gasteiger charge is 2.06. The van der Waals surface area contributed by atoms with Gasteiger partial charge < -0.3 is 5.32 Å². The highest BCUT2D eigenvalue weighted by Crippen LogP contribution is 2.17. The number of halogens is 2. The summed E-state index contributed by atoms with van der Waals surface area (Å²) in [5, 5.41) is 2.84. The van der Waals surface area contributed by atoms with Gasteiger partial charge in [0.2, 0.25) is 0 Å². The predicted molar refractivity (Wildman–Crippen MR) is 81.3 cm³/mol. The van der Waals surface area contributed by atoms with Crippen LogP contribution < -0.4 is 5.32 Å². The average Bonchev–Trinajstić information content (AvgIpc) is 2.42. The van der Waals surface area contributed by atoms with Crippen LogP contribution in [0.4, 0.5) is 4.39 Å². The topological polar surface area (TPSA) is 29.1 Å². The van der Waals surface area contributed by atoms with E-state index < -0.39 is 0 Å². The minimum absolute atomic E-state index is 0.114. The number of hydrogen-bond acceptors (Lipinski definition) is 1. The zero-order valence-corrected chi connectivity index (χ0v) is 12.7. The van der Waals surface area contributed by atoms with Crippen LogP contribution >= 0.6 is 15.9 Å². The number of amides is 1. The lowest BCUT2D eigenvalue weighted by molar-refractivity contribution is 0.0954. The highest BCUT2D eigenvalue weighted by atomic mass is 79.9. The Bertz CT molecular complexity index is 628. The van der Waals surface area contributed by atoms with Gasteiger partial charge in [0.15, 0.2) is 0 Å². The van der Waals surface area contributed by atoms with Crippen molar-refractivity contribution in [2.24, 2.45) is 0 Å². The Hall–Kier alpha value is -1.68. The average molecular weight is 336 g/mol. The molecule has 0 saturated carbocycles. The molecule has 4 heteroatoms. The second-order valence-corrected chi connectivity index (χ2v) is 5.45. The fourth-order valence-corrected chi connectivity index (χ4v) is 2.15.